The number of benzene rings is 1. The Morgan fingerprint density at radius 2 is 1.64 bits per heavy atom. The third-order valence-electron chi connectivity index (χ3n) is 4.67. The average molecular weight is 414 g/mol. The zero-order chi connectivity index (χ0) is 20.7. The minimum absolute atomic E-state index is 0.0746. The van der Waals surface area contributed by atoms with Crippen molar-refractivity contribution in [2.24, 2.45) is 0 Å². The predicted octanol–water partition coefficient (Wildman–Crippen LogP) is 2.26. The average Bonchev–Trinajstić information content (AvgIpc) is 2.90. The second-order valence-electron chi connectivity index (χ2n) is 7.07. The third-order valence-corrected chi connectivity index (χ3v) is 6.23. The fourth-order valence-corrected chi connectivity index (χ4v) is 4.23. The van der Waals surface area contributed by atoms with Gasteiger partial charge in [0.05, 0.1) is 4.90 Å². The SMILES string of the molecule is C[C@H](NS(=O)(=O)c1ccc(F)cc1)C(=O)O[C@@H](C)C(=O)NC1CCCCCC1. The van der Waals surface area contributed by atoms with Gasteiger partial charge >= 0.3 is 5.97 Å². The lowest BCUT2D eigenvalue weighted by Crippen LogP contribution is -2.45. The molecule has 0 aliphatic heterocycles. The summed E-state index contributed by atoms with van der Waals surface area (Å²) in [6, 6.07) is 3.08. The molecule has 1 aromatic rings. The summed E-state index contributed by atoms with van der Waals surface area (Å²) < 4.78 is 44.7. The van der Waals surface area contributed by atoms with E-state index in [4.69, 9.17) is 4.74 Å². The van der Waals surface area contributed by atoms with Gasteiger partial charge in [0.25, 0.3) is 5.91 Å². The van der Waals surface area contributed by atoms with E-state index in [2.05, 4.69) is 10.0 Å². The Balaban J connectivity index is 1.88. The van der Waals surface area contributed by atoms with Gasteiger partial charge in [0, 0.05) is 6.04 Å². The van der Waals surface area contributed by atoms with E-state index in [9.17, 15) is 22.4 Å². The molecular weight excluding hydrogens is 387 g/mol. The molecule has 1 saturated carbocycles. The van der Waals surface area contributed by atoms with E-state index < -0.39 is 39.9 Å². The van der Waals surface area contributed by atoms with Crippen molar-refractivity contribution in [2.75, 3.05) is 0 Å². The van der Waals surface area contributed by atoms with Crippen molar-refractivity contribution in [1.29, 1.82) is 0 Å². The van der Waals surface area contributed by atoms with E-state index in [1.807, 2.05) is 0 Å². The van der Waals surface area contributed by atoms with Crippen LogP contribution in [0.2, 0.25) is 0 Å². The fraction of sp³-hybridized carbons (Fsp3) is 0.579. The first-order valence-electron chi connectivity index (χ1n) is 9.48. The molecule has 0 spiro atoms. The first-order chi connectivity index (χ1) is 13.2. The Morgan fingerprint density at radius 1 is 1.07 bits per heavy atom. The maximum Gasteiger partial charge on any atom is 0.324 e. The minimum Gasteiger partial charge on any atom is -0.451 e. The summed E-state index contributed by atoms with van der Waals surface area (Å²) in [6.07, 6.45) is 5.20. The molecule has 7 nitrogen and oxygen atoms in total. The zero-order valence-corrected chi connectivity index (χ0v) is 16.9. The number of esters is 1. The second-order valence-corrected chi connectivity index (χ2v) is 8.79. The molecule has 2 rings (SSSR count). The first-order valence-corrected chi connectivity index (χ1v) is 11.0. The highest BCUT2D eigenvalue weighted by Crippen LogP contribution is 2.17. The van der Waals surface area contributed by atoms with E-state index in [1.54, 1.807) is 0 Å². The summed E-state index contributed by atoms with van der Waals surface area (Å²) in [5.74, 6) is -1.83. The monoisotopic (exact) mass is 414 g/mol. The van der Waals surface area contributed by atoms with E-state index in [-0.39, 0.29) is 10.9 Å². The molecule has 0 bridgehead atoms. The first kappa shape index (κ1) is 22.3. The summed E-state index contributed by atoms with van der Waals surface area (Å²) in [7, 11) is -4.02. The van der Waals surface area contributed by atoms with Gasteiger partial charge in [0.1, 0.15) is 11.9 Å². The largest absolute Gasteiger partial charge is 0.451 e. The topological polar surface area (TPSA) is 102 Å². The number of carbonyl (C=O) groups excluding carboxylic acids is 2. The molecule has 2 atom stereocenters. The molecule has 1 aliphatic rings. The number of amides is 1. The maximum absolute atomic E-state index is 12.9. The van der Waals surface area contributed by atoms with E-state index >= 15 is 0 Å². The molecule has 0 radical (unpaired) electrons. The second kappa shape index (κ2) is 9.97. The van der Waals surface area contributed by atoms with Crippen LogP contribution >= 0.6 is 0 Å². The zero-order valence-electron chi connectivity index (χ0n) is 16.1. The number of rotatable bonds is 7. The van der Waals surface area contributed by atoms with Crippen molar-refractivity contribution in [3.8, 4) is 0 Å². The van der Waals surface area contributed by atoms with Crippen molar-refractivity contribution in [1.82, 2.24) is 10.0 Å². The molecule has 156 valence electrons. The Bertz CT molecular complexity index is 774. The molecule has 0 heterocycles. The Kier molecular flexibility index (Phi) is 7.94. The number of nitrogens with one attached hydrogen (secondary N) is 2. The standard InChI is InChI=1S/C19H27FN2O5S/c1-13(22-28(25,26)17-11-9-15(20)10-12-17)19(24)27-14(2)18(23)21-16-7-5-3-4-6-8-16/h9-14,16,22H,3-8H2,1-2H3,(H,21,23)/t13-,14-/m0/s1. The summed E-state index contributed by atoms with van der Waals surface area (Å²) >= 11 is 0. The van der Waals surface area contributed by atoms with Gasteiger partial charge in [-0.05, 0) is 51.0 Å². The minimum atomic E-state index is -4.02. The normalized spacial score (nSPS) is 18.0. The maximum atomic E-state index is 12.9. The van der Waals surface area contributed by atoms with Crippen LogP contribution in [-0.4, -0.2) is 38.5 Å². The van der Waals surface area contributed by atoms with E-state index in [0.717, 1.165) is 62.8 Å². The molecule has 2 N–H and O–H groups in total. The number of carbonyl (C=O) groups is 2. The van der Waals surface area contributed by atoms with Crippen LogP contribution in [0.15, 0.2) is 29.2 Å². The lowest BCUT2D eigenvalue weighted by Gasteiger charge is -2.21. The van der Waals surface area contributed by atoms with Crippen molar-refractivity contribution in [3.63, 3.8) is 0 Å². The number of hydrogen-bond donors (Lipinski definition) is 2. The van der Waals surface area contributed by atoms with Crippen LogP contribution in [0.5, 0.6) is 0 Å². The van der Waals surface area contributed by atoms with Gasteiger partial charge in [0.2, 0.25) is 10.0 Å². The molecule has 0 aromatic heterocycles. The molecule has 1 amide bonds. The fourth-order valence-electron chi connectivity index (χ4n) is 3.03. The summed E-state index contributed by atoms with van der Waals surface area (Å²) in [6.45, 7) is 2.77. The van der Waals surface area contributed by atoms with Crippen LogP contribution in [0, 0.1) is 5.82 Å². The van der Waals surface area contributed by atoms with Crippen LogP contribution in [0.3, 0.4) is 0 Å². The van der Waals surface area contributed by atoms with Crippen LogP contribution in [0.1, 0.15) is 52.4 Å². The van der Waals surface area contributed by atoms with Crippen LogP contribution < -0.4 is 10.0 Å². The molecule has 0 saturated heterocycles. The van der Waals surface area contributed by atoms with Crippen molar-refractivity contribution in [3.05, 3.63) is 30.1 Å². The molecule has 1 aliphatic carbocycles. The molecule has 1 aromatic carbocycles. The Morgan fingerprint density at radius 3 is 2.21 bits per heavy atom. The van der Waals surface area contributed by atoms with E-state index in [0.29, 0.717) is 0 Å². The molecule has 28 heavy (non-hydrogen) atoms. The summed E-state index contributed by atoms with van der Waals surface area (Å²) in [5, 5.41) is 2.89. The molecular formula is C19H27FN2O5S. The van der Waals surface area contributed by atoms with Gasteiger partial charge in [-0.2, -0.15) is 4.72 Å². The van der Waals surface area contributed by atoms with Gasteiger partial charge in [-0.25, -0.2) is 12.8 Å². The number of ether oxygens (including phenoxy) is 1. The highest BCUT2D eigenvalue weighted by Gasteiger charge is 2.27. The summed E-state index contributed by atoms with van der Waals surface area (Å²) in [4.78, 5) is 24.3. The Hall–Kier alpha value is -2.00. The van der Waals surface area contributed by atoms with Gasteiger partial charge in [0.15, 0.2) is 6.10 Å². The lowest BCUT2D eigenvalue weighted by atomic mass is 10.1. The highest BCUT2D eigenvalue weighted by molar-refractivity contribution is 7.89. The van der Waals surface area contributed by atoms with Crippen LogP contribution in [0.25, 0.3) is 0 Å². The van der Waals surface area contributed by atoms with Gasteiger partial charge < -0.3 is 10.1 Å². The number of halogens is 1. The van der Waals surface area contributed by atoms with Crippen molar-refractivity contribution in [2.45, 2.75) is 75.5 Å². The number of hydrogen-bond acceptors (Lipinski definition) is 5. The smallest absolute Gasteiger partial charge is 0.324 e. The number of sulfonamides is 1. The van der Waals surface area contributed by atoms with Gasteiger partial charge in [-0.1, -0.05) is 25.7 Å². The quantitative estimate of drug-likeness (QED) is 0.526. The van der Waals surface area contributed by atoms with Crippen molar-refractivity contribution >= 4 is 21.9 Å². The third kappa shape index (κ3) is 6.56. The van der Waals surface area contributed by atoms with Crippen molar-refractivity contribution < 1.29 is 27.1 Å². The van der Waals surface area contributed by atoms with Gasteiger partial charge in [-0.3, -0.25) is 9.59 Å². The summed E-state index contributed by atoms with van der Waals surface area (Å²) in [5.41, 5.74) is 0. The molecule has 9 heteroatoms. The van der Waals surface area contributed by atoms with Crippen LogP contribution in [0.4, 0.5) is 4.39 Å². The predicted molar refractivity (Wildman–Crippen MR) is 101 cm³/mol. The van der Waals surface area contributed by atoms with Crippen LogP contribution in [-0.2, 0) is 24.3 Å². The van der Waals surface area contributed by atoms with E-state index in [1.165, 1.54) is 13.8 Å². The molecule has 0 unspecified atom stereocenters. The highest BCUT2D eigenvalue weighted by atomic mass is 32.2. The molecule has 1 fully saturated rings. The Labute approximate surface area is 165 Å². The van der Waals surface area contributed by atoms with Gasteiger partial charge in [-0.15, -0.1) is 0 Å². The lowest BCUT2D eigenvalue weighted by molar-refractivity contribution is -0.156.